The minimum absolute atomic E-state index is 0.0872. The van der Waals surface area contributed by atoms with Crippen LogP contribution in [0.25, 0.3) is 11.3 Å². The zero-order chi connectivity index (χ0) is 18.8. The van der Waals surface area contributed by atoms with Crippen LogP contribution in [0, 0.1) is 0 Å². The van der Waals surface area contributed by atoms with Crippen molar-refractivity contribution >= 4 is 21.9 Å². The van der Waals surface area contributed by atoms with Gasteiger partial charge in [0.1, 0.15) is 6.10 Å². The third-order valence-electron chi connectivity index (χ3n) is 4.69. The quantitative estimate of drug-likeness (QED) is 0.643. The second-order valence-electron chi connectivity index (χ2n) is 6.40. The molecule has 1 fully saturated rings. The van der Waals surface area contributed by atoms with Gasteiger partial charge in [-0.25, -0.2) is 4.98 Å². The van der Waals surface area contributed by atoms with Gasteiger partial charge in [0.05, 0.1) is 18.8 Å². The molecule has 27 heavy (non-hydrogen) atoms. The van der Waals surface area contributed by atoms with Gasteiger partial charge in [0, 0.05) is 42.1 Å². The van der Waals surface area contributed by atoms with E-state index in [1.54, 1.807) is 30.1 Å². The molecule has 2 aromatic heterocycles. The molecule has 138 valence electrons. The first-order valence-corrected chi connectivity index (χ1v) is 9.52. The summed E-state index contributed by atoms with van der Waals surface area (Å²) >= 11 is 3.60. The predicted octanol–water partition coefficient (Wildman–Crippen LogP) is 3.18. The summed E-state index contributed by atoms with van der Waals surface area (Å²) in [5.41, 5.74) is 2.53. The number of ether oxygens (including phenoxy) is 1. The van der Waals surface area contributed by atoms with E-state index in [4.69, 9.17) is 9.72 Å². The maximum Gasteiger partial charge on any atom is 0.255 e. The molecule has 3 heterocycles. The zero-order valence-electron chi connectivity index (χ0n) is 14.9. The van der Waals surface area contributed by atoms with Crippen molar-refractivity contribution in [1.82, 2.24) is 14.5 Å². The Balaban J connectivity index is 1.69. The number of hydrogen-bond acceptors (Lipinski definition) is 5. The third-order valence-corrected chi connectivity index (χ3v) is 5.41. The van der Waals surface area contributed by atoms with Gasteiger partial charge in [-0.15, -0.1) is 0 Å². The molecule has 1 aliphatic heterocycles. The lowest BCUT2D eigenvalue weighted by Crippen LogP contribution is -2.41. The minimum atomic E-state index is -0.0873. The first-order valence-electron chi connectivity index (χ1n) is 8.73. The van der Waals surface area contributed by atoms with Crippen LogP contribution in [-0.2, 0) is 11.8 Å². The number of morpholine rings is 1. The zero-order valence-corrected chi connectivity index (χ0v) is 16.5. The molecule has 3 aromatic rings. The van der Waals surface area contributed by atoms with E-state index in [9.17, 15) is 4.79 Å². The van der Waals surface area contributed by atoms with Crippen molar-refractivity contribution in [3.8, 4) is 11.3 Å². The van der Waals surface area contributed by atoms with Crippen LogP contribution in [0.15, 0.2) is 64.1 Å². The molecule has 4 rings (SSSR count). The monoisotopic (exact) mass is 426 g/mol. The van der Waals surface area contributed by atoms with Crippen LogP contribution >= 0.6 is 15.9 Å². The molecular weight excluding hydrogens is 408 g/mol. The largest absolute Gasteiger partial charge is 0.370 e. The number of rotatable bonds is 3. The van der Waals surface area contributed by atoms with Crippen molar-refractivity contribution in [2.45, 2.75) is 6.10 Å². The summed E-state index contributed by atoms with van der Waals surface area (Å²) in [6.07, 6.45) is 3.31. The molecule has 0 saturated carbocycles. The van der Waals surface area contributed by atoms with Gasteiger partial charge in [0.25, 0.3) is 5.56 Å². The number of anilines is 1. The van der Waals surface area contributed by atoms with Gasteiger partial charge in [-0.1, -0.05) is 34.1 Å². The van der Waals surface area contributed by atoms with Gasteiger partial charge >= 0.3 is 0 Å². The highest BCUT2D eigenvalue weighted by Gasteiger charge is 2.26. The Labute approximate surface area is 165 Å². The van der Waals surface area contributed by atoms with Gasteiger partial charge in [-0.05, 0) is 23.8 Å². The maximum absolute atomic E-state index is 12.5. The number of nitrogens with zero attached hydrogens (tertiary/aromatic N) is 4. The van der Waals surface area contributed by atoms with Crippen molar-refractivity contribution in [2.75, 3.05) is 24.6 Å². The summed E-state index contributed by atoms with van der Waals surface area (Å²) in [5, 5.41) is 0. The lowest BCUT2D eigenvalue weighted by Gasteiger charge is -2.35. The Morgan fingerprint density at radius 2 is 1.96 bits per heavy atom. The summed E-state index contributed by atoms with van der Waals surface area (Å²) < 4.78 is 8.59. The first kappa shape index (κ1) is 17.9. The number of benzene rings is 1. The number of hydrogen-bond donors (Lipinski definition) is 0. The topological polar surface area (TPSA) is 60.2 Å². The third kappa shape index (κ3) is 3.65. The molecule has 1 unspecified atom stereocenters. The molecule has 0 N–H and O–H groups in total. The van der Waals surface area contributed by atoms with Crippen molar-refractivity contribution in [3.63, 3.8) is 0 Å². The van der Waals surface area contributed by atoms with Gasteiger partial charge in [0.15, 0.2) is 0 Å². The van der Waals surface area contributed by atoms with Crippen LogP contribution in [0.3, 0.4) is 0 Å². The molecule has 0 aliphatic carbocycles. The molecule has 1 aliphatic rings. The standard InChI is InChI=1S/C20H19BrN4O2/c1-24-19(26)12-17(14-6-8-22-9-7-14)23-20(24)25-10-11-27-18(13-25)15-4-2-3-5-16(15)21/h2-9,12,18H,10-11,13H2,1H3. The molecule has 0 radical (unpaired) electrons. The average molecular weight is 427 g/mol. The molecule has 1 atom stereocenters. The van der Waals surface area contributed by atoms with E-state index >= 15 is 0 Å². The highest BCUT2D eigenvalue weighted by atomic mass is 79.9. The number of halogens is 1. The van der Waals surface area contributed by atoms with E-state index in [1.165, 1.54) is 0 Å². The van der Waals surface area contributed by atoms with Crippen molar-refractivity contribution < 1.29 is 4.74 Å². The summed E-state index contributed by atoms with van der Waals surface area (Å²) in [7, 11) is 1.75. The van der Waals surface area contributed by atoms with Crippen LogP contribution in [0.2, 0.25) is 0 Å². The van der Waals surface area contributed by atoms with Gasteiger partial charge in [-0.3, -0.25) is 14.3 Å². The molecule has 0 spiro atoms. The highest BCUT2D eigenvalue weighted by molar-refractivity contribution is 9.10. The molecule has 6 nitrogen and oxygen atoms in total. The molecule has 1 saturated heterocycles. The highest BCUT2D eigenvalue weighted by Crippen LogP contribution is 2.30. The molecule has 0 amide bonds. The van der Waals surface area contributed by atoms with Gasteiger partial charge in [-0.2, -0.15) is 0 Å². The van der Waals surface area contributed by atoms with Crippen molar-refractivity contribution in [1.29, 1.82) is 0 Å². The molecular formula is C20H19BrN4O2. The van der Waals surface area contributed by atoms with E-state index in [2.05, 4.69) is 31.9 Å². The minimum Gasteiger partial charge on any atom is -0.370 e. The predicted molar refractivity (Wildman–Crippen MR) is 108 cm³/mol. The summed E-state index contributed by atoms with van der Waals surface area (Å²) in [6, 6.07) is 13.3. The van der Waals surface area contributed by atoms with Gasteiger partial charge in [0.2, 0.25) is 5.95 Å². The lowest BCUT2D eigenvalue weighted by atomic mass is 10.1. The van der Waals surface area contributed by atoms with Crippen LogP contribution in [0.4, 0.5) is 5.95 Å². The van der Waals surface area contributed by atoms with Crippen LogP contribution < -0.4 is 10.5 Å². The summed E-state index contributed by atoms with van der Waals surface area (Å²) in [6.45, 7) is 1.88. The van der Waals surface area contributed by atoms with Crippen molar-refractivity contribution in [2.24, 2.45) is 7.05 Å². The van der Waals surface area contributed by atoms with E-state index in [1.807, 2.05) is 30.3 Å². The molecule has 1 aromatic carbocycles. The van der Waals surface area contributed by atoms with Crippen molar-refractivity contribution in [3.05, 3.63) is 75.2 Å². The van der Waals surface area contributed by atoms with E-state index in [-0.39, 0.29) is 11.7 Å². The molecule has 0 bridgehead atoms. The number of pyridine rings is 1. The second-order valence-corrected chi connectivity index (χ2v) is 7.26. The van der Waals surface area contributed by atoms with E-state index in [0.717, 1.165) is 15.6 Å². The Kier molecular flexibility index (Phi) is 5.05. The second kappa shape index (κ2) is 7.62. The van der Waals surface area contributed by atoms with Gasteiger partial charge < -0.3 is 9.64 Å². The normalized spacial score (nSPS) is 17.1. The summed E-state index contributed by atoms with van der Waals surface area (Å²) in [4.78, 5) is 23.4. The SMILES string of the molecule is Cn1c(N2CCOC(c3ccccc3Br)C2)nc(-c2ccncc2)cc1=O. The fourth-order valence-electron chi connectivity index (χ4n) is 3.24. The Morgan fingerprint density at radius 1 is 1.19 bits per heavy atom. The van der Waals surface area contributed by atoms with Crippen LogP contribution in [0.1, 0.15) is 11.7 Å². The Morgan fingerprint density at radius 3 is 2.74 bits per heavy atom. The average Bonchev–Trinajstić information content (AvgIpc) is 2.71. The lowest BCUT2D eigenvalue weighted by molar-refractivity contribution is 0.0385. The van der Waals surface area contributed by atoms with Crippen LogP contribution in [-0.4, -0.2) is 34.2 Å². The van der Waals surface area contributed by atoms with Crippen LogP contribution in [0.5, 0.6) is 0 Å². The smallest absolute Gasteiger partial charge is 0.255 e. The number of aromatic nitrogens is 3. The van der Waals surface area contributed by atoms with E-state index < -0.39 is 0 Å². The maximum atomic E-state index is 12.5. The summed E-state index contributed by atoms with van der Waals surface area (Å²) in [5.74, 6) is 0.648. The molecule has 7 heteroatoms. The Bertz CT molecular complexity index is 1010. The van der Waals surface area contributed by atoms with E-state index in [0.29, 0.717) is 31.3 Å². The first-order chi connectivity index (χ1) is 13.1. The fourth-order valence-corrected chi connectivity index (χ4v) is 3.78. The Hall–Kier alpha value is -2.51. The fraction of sp³-hybridized carbons (Fsp3) is 0.250.